The molecule has 10 aromatic rings. The van der Waals surface area contributed by atoms with Crippen molar-refractivity contribution in [1.29, 1.82) is 0 Å². The van der Waals surface area contributed by atoms with Gasteiger partial charge in [-0.25, -0.2) is 0 Å². The third-order valence-corrected chi connectivity index (χ3v) is 13.1. The topological polar surface area (TPSA) is 13.1 Å². The number of hydrogen-bond acceptors (Lipinski definition) is 1. The lowest BCUT2D eigenvalue weighted by Crippen LogP contribution is -2.15. The van der Waals surface area contributed by atoms with Crippen molar-refractivity contribution in [1.82, 2.24) is 0 Å². The van der Waals surface area contributed by atoms with E-state index >= 15 is 0 Å². The maximum atomic E-state index is 6.50. The normalized spacial score (nSPS) is 12.2. The lowest BCUT2D eigenvalue weighted by molar-refractivity contribution is 0.660. The Kier molecular flexibility index (Phi) is 11.5. The first kappa shape index (κ1) is 42.1. The molecule has 9 aromatic carbocycles. The first-order valence-electron chi connectivity index (χ1n) is 22.5. The van der Waals surface area contributed by atoms with Crippen LogP contribution in [0.1, 0.15) is 58.4 Å². The van der Waals surface area contributed by atoms with Gasteiger partial charge in [-0.3, -0.25) is 0 Å². The van der Waals surface area contributed by atoms with Gasteiger partial charge in [-0.2, -0.15) is 0 Å². The van der Waals surface area contributed by atoms with Crippen molar-refractivity contribution in [3.05, 3.63) is 239 Å². The monoisotopic (exact) mass is 828 g/mol. The summed E-state index contributed by atoms with van der Waals surface area (Å²) in [5.74, 6) is 0. The minimum atomic E-state index is -0.0446. The SMILES string of the molecule is Cc1ccccc1.Cc1ccccc1.Cc1ccccc1-c1cc(-c2ccc3oc4cccc(-c5ccc(C)c(-c6cc7c(cc6C)-c6ccccc6C7(C)C)c5)c4c3c2)ccc1C. The maximum absolute atomic E-state index is 6.50. The molecule has 0 atom stereocenters. The number of aryl methyl sites for hydroxylation is 6. The van der Waals surface area contributed by atoms with Crippen LogP contribution in [0.4, 0.5) is 0 Å². The molecule has 314 valence electrons. The van der Waals surface area contributed by atoms with Gasteiger partial charge in [0.15, 0.2) is 0 Å². The zero-order chi connectivity index (χ0) is 44.5. The summed E-state index contributed by atoms with van der Waals surface area (Å²) in [5.41, 5.74) is 25.0. The van der Waals surface area contributed by atoms with Crippen LogP contribution in [-0.2, 0) is 5.41 Å². The fraction of sp³-hybridized carbons (Fsp3) is 0.143. The molecule has 1 nitrogen and oxygen atoms in total. The van der Waals surface area contributed by atoms with Gasteiger partial charge in [0.05, 0.1) is 0 Å². The average molecular weight is 829 g/mol. The third-order valence-electron chi connectivity index (χ3n) is 13.1. The summed E-state index contributed by atoms with van der Waals surface area (Å²) in [4.78, 5) is 0. The lowest BCUT2D eigenvalue weighted by Gasteiger charge is -2.23. The highest BCUT2D eigenvalue weighted by Gasteiger charge is 2.35. The van der Waals surface area contributed by atoms with E-state index in [0.29, 0.717) is 0 Å². The Bertz CT molecular complexity index is 3250. The summed E-state index contributed by atoms with van der Waals surface area (Å²) in [6.45, 7) is 17.8. The summed E-state index contributed by atoms with van der Waals surface area (Å²) in [6.07, 6.45) is 0. The van der Waals surface area contributed by atoms with Gasteiger partial charge in [-0.15, -0.1) is 0 Å². The zero-order valence-electron chi connectivity index (χ0n) is 38.4. The van der Waals surface area contributed by atoms with Crippen LogP contribution in [0.5, 0.6) is 0 Å². The highest BCUT2D eigenvalue weighted by molar-refractivity contribution is 6.13. The molecule has 11 rings (SSSR count). The molecule has 0 radical (unpaired) electrons. The van der Waals surface area contributed by atoms with Gasteiger partial charge in [0.25, 0.3) is 0 Å². The molecule has 0 saturated carbocycles. The Hall–Kier alpha value is -7.22. The minimum absolute atomic E-state index is 0.0446. The van der Waals surface area contributed by atoms with E-state index in [-0.39, 0.29) is 5.41 Å². The molecular formula is C63H56O. The van der Waals surface area contributed by atoms with Crippen molar-refractivity contribution in [2.45, 2.75) is 60.8 Å². The fourth-order valence-electron chi connectivity index (χ4n) is 9.51. The number of fused-ring (bicyclic) bond motifs is 6. The first-order valence-corrected chi connectivity index (χ1v) is 22.5. The fourth-order valence-corrected chi connectivity index (χ4v) is 9.51. The van der Waals surface area contributed by atoms with E-state index in [1.165, 1.54) is 100 Å². The van der Waals surface area contributed by atoms with Gasteiger partial charge in [0.1, 0.15) is 11.2 Å². The van der Waals surface area contributed by atoms with Crippen LogP contribution in [0.3, 0.4) is 0 Å². The summed E-state index contributed by atoms with van der Waals surface area (Å²) < 4.78 is 6.50. The van der Waals surface area contributed by atoms with Crippen LogP contribution in [0.2, 0.25) is 0 Å². The molecule has 64 heavy (non-hydrogen) atoms. The minimum Gasteiger partial charge on any atom is -0.456 e. The van der Waals surface area contributed by atoms with Crippen molar-refractivity contribution in [3.63, 3.8) is 0 Å². The standard InChI is InChI=1S/C49H40O.2C7H8/c1-29-12-7-8-13-36(29)39-25-33(20-18-30(39)2)34-22-23-46-43(26-34)48-37(15-11-17-47(48)50-46)35-21-19-31(3)40(27-35)41-28-45-42(24-32(41)4)38-14-9-10-16-44(38)49(45,5)6;2*1-7-5-3-2-4-6-7/h7-28H,1-6H3;2*2-6H,1H3. The highest BCUT2D eigenvalue weighted by Crippen LogP contribution is 2.51. The zero-order valence-corrected chi connectivity index (χ0v) is 38.4. The van der Waals surface area contributed by atoms with Crippen molar-refractivity contribution in [3.8, 4) is 55.6 Å². The maximum Gasteiger partial charge on any atom is 0.136 e. The Morgan fingerprint density at radius 2 is 0.828 bits per heavy atom. The predicted octanol–water partition coefficient (Wildman–Crippen LogP) is 17.8. The quantitative estimate of drug-likeness (QED) is 0.172. The molecule has 0 amide bonds. The smallest absolute Gasteiger partial charge is 0.136 e. The van der Waals surface area contributed by atoms with Crippen molar-refractivity contribution >= 4 is 21.9 Å². The van der Waals surface area contributed by atoms with E-state index in [0.717, 1.165) is 21.9 Å². The Morgan fingerprint density at radius 1 is 0.312 bits per heavy atom. The van der Waals surface area contributed by atoms with Gasteiger partial charge >= 0.3 is 0 Å². The number of furan rings is 1. The molecule has 0 bridgehead atoms. The second-order valence-corrected chi connectivity index (χ2v) is 18.1. The molecule has 1 heterocycles. The molecule has 0 aliphatic heterocycles. The Labute approximate surface area is 379 Å². The van der Waals surface area contributed by atoms with Gasteiger partial charge in [-0.1, -0.05) is 183 Å². The molecule has 0 N–H and O–H groups in total. The highest BCUT2D eigenvalue weighted by atomic mass is 16.3. The van der Waals surface area contributed by atoms with E-state index in [9.17, 15) is 0 Å². The van der Waals surface area contributed by atoms with Crippen LogP contribution in [0.25, 0.3) is 77.6 Å². The number of benzene rings is 9. The largest absolute Gasteiger partial charge is 0.456 e. The van der Waals surface area contributed by atoms with E-state index in [1.807, 2.05) is 36.4 Å². The van der Waals surface area contributed by atoms with E-state index < -0.39 is 0 Å². The summed E-state index contributed by atoms with van der Waals surface area (Å²) in [6, 6.07) is 69.8. The van der Waals surface area contributed by atoms with E-state index in [4.69, 9.17) is 4.42 Å². The van der Waals surface area contributed by atoms with Crippen molar-refractivity contribution < 1.29 is 4.42 Å². The van der Waals surface area contributed by atoms with Crippen LogP contribution >= 0.6 is 0 Å². The van der Waals surface area contributed by atoms with Crippen LogP contribution in [0.15, 0.2) is 199 Å². The second-order valence-electron chi connectivity index (χ2n) is 18.1. The predicted molar refractivity (Wildman–Crippen MR) is 274 cm³/mol. The summed E-state index contributed by atoms with van der Waals surface area (Å²) >= 11 is 0. The number of rotatable bonds is 4. The molecule has 1 aromatic heterocycles. The first-order chi connectivity index (χ1) is 31.0. The molecule has 0 saturated heterocycles. The molecule has 0 fully saturated rings. The van der Waals surface area contributed by atoms with Crippen molar-refractivity contribution in [2.75, 3.05) is 0 Å². The molecule has 0 unspecified atom stereocenters. The van der Waals surface area contributed by atoms with E-state index in [2.05, 4.69) is 213 Å². The summed E-state index contributed by atoms with van der Waals surface area (Å²) in [7, 11) is 0. The molecule has 1 heteroatoms. The Balaban J connectivity index is 0.000000316. The average Bonchev–Trinajstić information content (AvgIpc) is 3.79. The lowest BCUT2D eigenvalue weighted by atomic mass is 9.80. The van der Waals surface area contributed by atoms with Gasteiger partial charge < -0.3 is 4.42 Å². The van der Waals surface area contributed by atoms with Gasteiger partial charge in [0, 0.05) is 16.2 Å². The third kappa shape index (κ3) is 8.11. The molecule has 1 aliphatic rings. The summed E-state index contributed by atoms with van der Waals surface area (Å²) in [5, 5.41) is 2.30. The van der Waals surface area contributed by atoms with Gasteiger partial charge in [-0.05, 0) is 167 Å². The Morgan fingerprint density at radius 3 is 1.48 bits per heavy atom. The van der Waals surface area contributed by atoms with Gasteiger partial charge in [0.2, 0.25) is 0 Å². The second kappa shape index (κ2) is 17.5. The molecular weight excluding hydrogens is 773 g/mol. The molecule has 0 spiro atoms. The van der Waals surface area contributed by atoms with Crippen LogP contribution < -0.4 is 0 Å². The van der Waals surface area contributed by atoms with E-state index in [1.54, 1.807) is 0 Å². The number of hydrogen-bond donors (Lipinski definition) is 0. The van der Waals surface area contributed by atoms with Crippen LogP contribution in [-0.4, -0.2) is 0 Å². The molecule has 1 aliphatic carbocycles. The van der Waals surface area contributed by atoms with Crippen LogP contribution in [0, 0.1) is 41.5 Å². The van der Waals surface area contributed by atoms with Crippen molar-refractivity contribution in [2.24, 2.45) is 0 Å².